The van der Waals surface area contributed by atoms with E-state index in [-0.39, 0.29) is 6.04 Å². The molecule has 5 heteroatoms. The van der Waals surface area contributed by atoms with Crippen molar-refractivity contribution < 1.29 is 14.6 Å². The summed E-state index contributed by atoms with van der Waals surface area (Å²) in [4.78, 5) is 11.8. The molecule has 1 aromatic rings. The minimum absolute atomic E-state index is 0.285. The number of aliphatic hydroxyl groups is 1. The zero-order valence-corrected chi connectivity index (χ0v) is 13.3. The van der Waals surface area contributed by atoms with Gasteiger partial charge in [0.15, 0.2) is 0 Å². The Hall–Kier alpha value is -1.33. The summed E-state index contributed by atoms with van der Waals surface area (Å²) >= 11 is 0. The Morgan fingerprint density at radius 1 is 1.40 bits per heavy atom. The Labute approximate surface area is 121 Å². The third-order valence-corrected chi connectivity index (χ3v) is 5.29. The first kappa shape index (κ1) is 15.1. The average Bonchev–Trinajstić information content (AvgIpc) is 2.65. The van der Waals surface area contributed by atoms with Gasteiger partial charge in [0.05, 0.1) is 18.8 Å². The number of nitrogens with one attached hydrogen (secondary N) is 1. The van der Waals surface area contributed by atoms with Crippen LogP contribution in [0.5, 0.6) is 0 Å². The number of carbonyl (C=O) groups excluding carboxylic acids is 1. The van der Waals surface area contributed by atoms with Crippen molar-refractivity contribution in [3.8, 4) is 0 Å². The van der Waals surface area contributed by atoms with Crippen molar-refractivity contribution in [1.29, 1.82) is 0 Å². The third kappa shape index (κ3) is 3.83. The monoisotopic (exact) mass is 293 g/mol. The van der Waals surface area contributed by atoms with Crippen LogP contribution in [0, 0.1) is 0 Å². The number of amides is 1. The number of alkyl carbamates (subject to hydrolysis) is 1. The van der Waals surface area contributed by atoms with E-state index < -0.39 is 20.3 Å². The Morgan fingerprint density at radius 2 is 2.10 bits per heavy atom. The van der Waals surface area contributed by atoms with Crippen LogP contribution in [-0.2, 0) is 11.2 Å². The maximum atomic E-state index is 11.8. The molecule has 0 fully saturated rings. The second-order valence-corrected chi connectivity index (χ2v) is 12.2. The summed E-state index contributed by atoms with van der Waals surface area (Å²) in [5, 5.41) is 12.9. The van der Waals surface area contributed by atoms with Gasteiger partial charge in [-0.25, -0.2) is 4.79 Å². The van der Waals surface area contributed by atoms with Gasteiger partial charge in [0, 0.05) is 8.07 Å². The van der Waals surface area contributed by atoms with Crippen LogP contribution in [0.15, 0.2) is 24.3 Å². The predicted octanol–water partition coefficient (Wildman–Crippen LogP) is 2.71. The van der Waals surface area contributed by atoms with Crippen LogP contribution in [0.3, 0.4) is 0 Å². The predicted molar refractivity (Wildman–Crippen MR) is 81.5 cm³/mol. The lowest BCUT2D eigenvalue weighted by Gasteiger charge is -2.19. The number of carbonyl (C=O) groups is 1. The minimum Gasteiger partial charge on any atom is -0.450 e. The molecule has 0 unspecified atom stereocenters. The highest BCUT2D eigenvalue weighted by Crippen LogP contribution is 2.30. The van der Waals surface area contributed by atoms with Crippen LogP contribution >= 0.6 is 0 Å². The first-order valence-corrected chi connectivity index (χ1v) is 10.8. The minimum atomic E-state index is -1.19. The Bertz CT molecular complexity index is 484. The van der Waals surface area contributed by atoms with Gasteiger partial charge in [0.1, 0.15) is 0 Å². The quantitative estimate of drug-likeness (QED) is 0.839. The maximum Gasteiger partial charge on any atom is 0.407 e. The van der Waals surface area contributed by atoms with Crippen molar-refractivity contribution in [1.82, 2.24) is 5.32 Å². The van der Waals surface area contributed by atoms with Crippen molar-refractivity contribution in [2.24, 2.45) is 0 Å². The van der Waals surface area contributed by atoms with Crippen LogP contribution in [0.4, 0.5) is 4.79 Å². The topological polar surface area (TPSA) is 58.6 Å². The molecule has 0 saturated heterocycles. The summed E-state index contributed by atoms with van der Waals surface area (Å²) in [5.74, 6) is 0. The molecule has 0 spiro atoms. The number of ether oxygens (including phenoxy) is 1. The van der Waals surface area contributed by atoms with E-state index in [1.807, 2.05) is 24.3 Å². The van der Waals surface area contributed by atoms with Gasteiger partial charge in [-0.1, -0.05) is 43.9 Å². The number of hydrogen-bond acceptors (Lipinski definition) is 3. The number of fused-ring (bicyclic) bond motifs is 1. The third-order valence-electron chi connectivity index (χ3n) is 3.58. The van der Waals surface area contributed by atoms with Crippen molar-refractivity contribution in [3.63, 3.8) is 0 Å². The lowest BCUT2D eigenvalue weighted by atomic mass is 10.1. The SMILES string of the molecule is C[Si](C)(C)CCOC(=O)N[C@H]1Cc2ccccc2[C@H]1O. The molecule has 1 aliphatic rings. The largest absolute Gasteiger partial charge is 0.450 e. The van der Waals surface area contributed by atoms with E-state index in [0.717, 1.165) is 17.2 Å². The second kappa shape index (κ2) is 5.97. The highest BCUT2D eigenvalue weighted by molar-refractivity contribution is 6.76. The summed E-state index contributed by atoms with van der Waals surface area (Å²) in [6, 6.07) is 8.39. The first-order valence-electron chi connectivity index (χ1n) is 7.06. The van der Waals surface area contributed by atoms with E-state index in [9.17, 15) is 9.90 Å². The second-order valence-electron chi connectivity index (χ2n) is 6.55. The molecule has 0 radical (unpaired) electrons. The lowest BCUT2D eigenvalue weighted by molar-refractivity contribution is 0.115. The number of rotatable bonds is 4. The number of hydrogen-bond donors (Lipinski definition) is 2. The fourth-order valence-electron chi connectivity index (χ4n) is 2.35. The average molecular weight is 293 g/mol. The summed E-state index contributed by atoms with van der Waals surface area (Å²) in [6.07, 6.45) is -0.420. The van der Waals surface area contributed by atoms with Crippen LogP contribution in [0.25, 0.3) is 0 Å². The molecule has 4 nitrogen and oxygen atoms in total. The van der Waals surface area contributed by atoms with Gasteiger partial charge in [0.2, 0.25) is 0 Å². The normalized spacial score (nSPS) is 21.4. The van der Waals surface area contributed by atoms with Gasteiger partial charge in [-0.05, 0) is 23.6 Å². The molecule has 1 aliphatic carbocycles. The van der Waals surface area contributed by atoms with Crippen LogP contribution < -0.4 is 5.32 Å². The van der Waals surface area contributed by atoms with Gasteiger partial charge in [0.25, 0.3) is 0 Å². The van der Waals surface area contributed by atoms with E-state index >= 15 is 0 Å². The Morgan fingerprint density at radius 3 is 2.75 bits per heavy atom. The Balaban J connectivity index is 1.82. The zero-order chi connectivity index (χ0) is 14.8. The maximum absolute atomic E-state index is 11.8. The molecule has 2 atom stereocenters. The van der Waals surface area contributed by atoms with Crippen molar-refractivity contribution >= 4 is 14.2 Å². The number of benzene rings is 1. The van der Waals surface area contributed by atoms with Crippen LogP contribution in [0.2, 0.25) is 25.7 Å². The first-order chi connectivity index (χ1) is 9.37. The van der Waals surface area contributed by atoms with Crippen LogP contribution in [0.1, 0.15) is 17.2 Å². The molecule has 0 saturated carbocycles. The van der Waals surface area contributed by atoms with Gasteiger partial charge >= 0.3 is 6.09 Å². The molecular formula is C15H23NO3Si. The molecule has 0 heterocycles. The molecule has 1 aromatic carbocycles. The molecule has 0 aliphatic heterocycles. The van der Waals surface area contributed by atoms with E-state index in [4.69, 9.17) is 4.74 Å². The smallest absolute Gasteiger partial charge is 0.407 e. The van der Waals surface area contributed by atoms with Gasteiger partial charge in [-0.2, -0.15) is 0 Å². The van der Waals surface area contributed by atoms with Crippen molar-refractivity contribution in [2.75, 3.05) is 6.61 Å². The molecule has 0 aromatic heterocycles. The standard InChI is InChI=1S/C15H23NO3Si/c1-20(2,3)9-8-19-15(18)16-13-10-11-6-4-5-7-12(11)14(13)17/h4-7,13-14,17H,8-10H2,1-3H3,(H,16,18)/t13-,14+/m0/s1. The Kier molecular flexibility index (Phi) is 4.50. The van der Waals surface area contributed by atoms with Gasteiger partial charge in [-0.15, -0.1) is 0 Å². The summed E-state index contributed by atoms with van der Waals surface area (Å²) in [6.45, 7) is 7.18. The molecule has 0 bridgehead atoms. The van der Waals surface area contributed by atoms with E-state index in [1.54, 1.807) is 0 Å². The van der Waals surface area contributed by atoms with E-state index in [0.29, 0.717) is 13.0 Å². The molecule has 110 valence electrons. The van der Waals surface area contributed by atoms with Crippen molar-refractivity contribution in [3.05, 3.63) is 35.4 Å². The number of aliphatic hydroxyl groups excluding tert-OH is 1. The fraction of sp³-hybridized carbons (Fsp3) is 0.533. The van der Waals surface area contributed by atoms with E-state index in [2.05, 4.69) is 25.0 Å². The summed E-state index contributed by atoms with van der Waals surface area (Å²) < 4.78 is 5.20. The van der Waals surface area contributed by atoms with Crippen LogP contribution in [-0.4, -0.2) is 31.9 Å². The van der Waals surface area contributed by atoms with Gasteiger partial charge in [-0.3, -0.25) is 0 Å². The molecule has 20 heavy (non-hydrogen) atoms. The molecule has 2 rings (SSSR count). The zero-order valence-electron chi connectivity index (χ0n) is 12.3. The van der Waals surface area contributed by atoms with Gasteiger partial charge < -0.3 is 15.2 Å². The molecule has 1 amide bonds. The molecular weight excluding hydrogens is 270 g/mol. The highest BCUT2D eigenvalue weighted by Gasteiger charge is 2.32. The fourth-order valence-corrected chi connectivity index (χ4v) is 3.06. The lowest BCUT2D eigenvalue weighted by Crippen LogP contribution is -2.38. The molecule has 2 N–H and O–H groups in total. The highest BCUT2D eigenvalue weighted by atomic mass is 28.3. The summed E-state index contributed by atoms with van der Waals surface area (Å²) in [7, 11) is -1.19. The summed E-state index contributed by atoms with van der Waals surface area (Å²) in [5.41, 5.74) is 1.99. The van der Waals surface area contributed by atoms with Crippen molar-refractivity contribution in [2.45, 2.75) is 44.3 Å². The van der Waals surface area contributed by atoms with E-state index in [1.165, 1.54) is 0 Å².